The van der Waals surface area contributed by atoms with Crippen molar-refractivity contribution in [3.63, 3.8) is 0 Å². The number of nitriles is 1. The molecule has 0 amide bonds. The normalized spacial score (nSPS) is 11.1. The van der Waals surface area contributed by atoms with E-state index in [2.05, 4.69) is 20.9 Å². The van der Waals surface area contributed by atoms with E-state index >= 15 is 0 Å². The van der Waals surface area contributed by atoms with Crippen LogP contribution >= 0.6 is 27.3 Å². The van der Waals surface area contributed by atoms with E-state index in [-0.39, 0.29) is 13.8 Å². The van der Waals surface area contributed by atoms with E-state index in [0.29, 0.717) is 0 Å². The first kappa shape index (κ1) is 9.64. The zero-order valence-electron chi connectivity index (χ0n) is 5.91. The molecule has 0 atom stereocenters. The first-order valence-corrected chi connectivity index (χ1v) is 6.21. The van der Waals surface area contributed by atoms with Crippen LogP contribution in [0.2, 0.25) is 0 Å². The predicted molar refractivity (Wildman–Crippen MR) is 47.6 cm³/mol. The standard InChI is InChI=1S/C5H3BrN2O2S2/c1-12(9,10)5-8-4(6)3(2-7)11-5/h1H3. The molecule has 0 radical (unpaired) electrons. The average Bonchev–Trinajstić information content (AvgIpc) is 2.29. The molecule has 1 aromatic heterocycles. The molecule has 0 bridgehead atoms. The lowest BCUT2D eigenvalue weighted by atomic mass is 10.6. The van der Waals surface area contributed by atoms with Gasteiger partial charge in [0.1, 0.15) is 15.5 Å². The van der Waals surface area contributed by atoms with Gasteiger partial charge in [0.2, 0.25) is 14.2 Å². The van der Waals surface area contributed by atoms with Gasteiger partial charge in [-0.15, -0.1) is 0 Å². The maximum absolute atomic E-state index is 10.9. The molecule has 0 aromatic carbocycles. The lowest BCUT2D eigenvalue weighted by Crippen LogP contribution is -1.94. The SMILES string of the molecule is CS(=O)(=O)c1nc(Br)c(C#N)s1. The van der Waals surface area contributed by atoms with E-state index in [1.807, 2.05) is 6.07 Å². The van der Waals surface area contributed by atoms with E-state index in [0.717, 1.165) is 17.6 Å². The van der Waals surface area contributed by atoms with Gasteiger partial charge >= 0.3 is 0 Å². The molecular formula is C5H3BrN2O2S2. The zero-order valence-corrected chi connectivity index (χ0v) is 9.12. The van der Waals surface area contributed by atoms with Crippen molar-refractivity contribution >= 4 is 37.1 Å². The Labute approximate surface area is 81.9 Å². The summed E-state index contributed by atoms with van der Waals surface area (Å²) in [5.74, 6) is 0. The summed E-state index contributed by atoms with van der Waals surface area (Å²) >= 11 is 3.84. The number of nitrogens with zero attached hydrogens (tertiary/aromatic N) is 2. The molecule has 0 saturated heterocycles. The largest absolute Gasteiger partial charge is 0.222 e. The summed E-state index contributed by atoms with van der Waals surface area (Å²) in [6.07, 6.45) is 1.05. The fourth-order valence-electron chi connectivity index (χ4n) is 0.511. The van der Waals surface area contributed by atoms with Gasteiger partial charge in [-0.3, -0.25) is 0 Å². The molecule has 0 aliphatic carbocycles. The van der Waals surface area contributed by atoms with Gasteiger partial charge in [0.15, 0.2) is 0 Å². The Balaban J connectivity index is 3.35. The molecule has 0 aliphatic heterocycles. The van der Waals surface area contributed by atoms with Crippen LogP contribution in [0.3, 0.4) is 0 Å². The second-order valence-electron chi connectivity index (χ2n) is 1.98. The molecule has 1 rings (SSSR count). The molecule has 64 valence electrons. The fraction of sp³-hybridized carbons (Fsp3) is 0.200. The minimum Gasteiger partial charge on any atom is -0.222 e. The molecular weight excluding hydrogens is 264 g/mol. The molecule has 0 N–H and O–H groups in total. The van der Waals surface area contributed by atoms with Gasteiger partial charge in [-0.2, -0.15) is 5.26 Å². The van der Waals surface area contributed by atoms with Crippen LogP contribution in [0.4, 0.5) is 0 Å². The third-order valence-corrected chi connectivity index (χ3v) is 4.46. The highest BCUT2D eigenvalue weighted by molar-refractivity contribution is 9.10. The lowest BCUT2D eigenvalue weighted by Gasteiger charge is -1.85. The maximum atomic E-state index is 10.9. The van der Waals surface area contributed by atoms with E-state index < -0.39 is 9.84 Å². The van der Waals surface area contributed by atoms with E-state index in [4.69, 9.17) is 5.26 Å². The topological polar surface area (TPSA) is 70.8 Å². The van der Waals surface area contributed by atoms with Crippen LogP contribution in [0.5, 0.6) is 0 Å². The van der Waals surface area contributed by atoms with Crippen LogP contribution in [-0.2, 0) is 9.84 Å². The van der Waals surface area contributed by atoms with Gasteiger partial charge in [-0.1, -0.05) is 11.3 Å². The smallest absolute Gasteiger partial charge is 0.211 e. The molecule has 0 saturated carbocycles. The number of rotatable bonds is 1. The van der Waals surface area contributed by atoms with Crippen LogP contribution in [0, 0.1) is 11.3 Å². The average molecular weight is 267 g/mol. The summed E-state index contributed by atoms with van der Waals surface area (Å²) in [7, 11) is -3.29. The van der Waals surface area contributed by atoms with E-state index in [9.17, 15) is 8.42 Å². The van der Waals surface area contributed by atoms with Crippen LogP contribution in [0.1, 0.15) is 4.88 Å². The quantitative estimate of drug-likeness (QED) is 0.766. The molecule has 0 unspecified atom stereocenters. The molecule has 1 aromatic rings. The van der Waals surface area contributed by atoms with Crippen molar-refractivity contribution in [1.82, 2.24) is 4.98 Å². The Morgan fingerprint density at radius 2 is 2.25 bits per heavy atom. The molecule has 0 fully saturated rings. The number of sulfone groups is 1. The minimum absolute atomic E-state index is 0.0362. The van der Waals surface area contributed by atoms with Crippen molar-refractivity contribution in [2.75, 3.05) is 6.26 Å². The summed E-state index contributed by atoms with van der Waals surface area (Å²) in [5.41, 5.74) is 0. The molecule has 0 aliphatic rings. The molecule has 0 spiro atoms. The Morgan fingerprint density at radius 1 is 1.67 bits per heavy atom. The summed E-state index contributed by atoms with van der Waals surface area (Å²) in [5, 5.41) is 8.49. The van der Waals surface area contributed by atoms with Gasteiger partial charge in [0.25, 0.3) is 0 Å². The van der Waals surface area contributed by atoms with Crippen molar-refractivity contribution in [3.05, 3.63) is 9.48 Å². The third-order valence-electron chi connectivity index (χ3n) is 0.985. The number of thiazole rings is 1. The van der Waals surface area contributed by atoms with Gasteiger partial charge in [-0.25, -0.2) is 13.4 Å². The van der Waals surface area contributed by atoms with Crippen molar-refractivity contribution in [1.29, 1.82) is 5.26 Å². The predicted octanol–water partition coefficient (Wildman–Crippen LogP) is 1.18. The highest BCUT2D eigenvalue weighted by Crippen LogP contribution is 2.25. The van der Waals surface area contributed by atoms with E-state index in [1.54, 1.807) is 0 Å². The Morgan fingerprint density at radius 3 is 2.50 bits per heavy atom. The van der Waals surface area contributed by atoms with Gasteiger partial charge in [-0.05, 0) is 15.9 Å². The highest BCUT2D eigenvalue weighted by Gasteiger charge is 2.16. The van der Waals surface area contributed by atoms with Crippen molar-refractivity contribution in [2.24, 2.45) is 0 Å². The van der Waals surface area contributed by atoms with Crippen LogP contribution < -0.4 is 0 Å². The monoisotopic (exact) mass is 266 g/mol. The molecule has 7 heteroatoms. The molecule has 4 nitrogen and oxygen atoms in total. The van der Waals surface area contributed by atoms with E-state index in [1.165, 1.54) is 0 Å². The van der Waals surface area contributed by atoms with Gasteiger partial charge in [0.05, 0.1) is 0 Å². The molecule has 1 heterocycles. The molecule has 12 heavy (non-hydrogen) atoms. The number of hydrogen-bond acceptors (Lipinski definition) is 5. The lowest BCUT2D eigenvalue weighted by molar-refractivity contribution is 0.601. The highest BCUT2D eigenvalue weighted by atomic mass is 79.9. The number of aromatic nitrogens is 1. The van der Waals surface area contributed by atoms with Gasteiger partial charge in [0, 0.05) is 6.26 Å². The Bertz CT molecular complexity index is 443. The van der Waals surface area contributed by atoms with Gasteiger partial charge < -0.3 is 0 Å². The van der Waals surface area contributed by atoms with Crippen LogP contribution in [0.25, 0.3) is 0 Å². The van der Waals surface area contributed by atoms with Crippen molar-refractivity contribution < 1.29 is 8.42 Å². The summed E-state index contributed by atoms with van der Waals surface area (Å²) in [6, 6.07) is 1.83. The van der Waals surface area contributed by atoms with Crippen molar-refractivity contribution in [2.45, 2.75) is 4.34 Å². The summed E-state index contributed by atoms with van der Waals surface area (Å²) < 4.78 is 22.1. The van der Waals surface area contributed by atoms with Crippen molar-refractivity contribution in [3.8, 4) is 6.07 Å². The minimum atomic E-state index is -3.29. The first-order valence-electron chi connectivity index (χ1n) is 2.71. The first-order chi connectivity index (χ1) is 5.45. The zero-order chi connectivity index (χ0) is 9.35. The van der Waals surface area contributed by atoms with Crippen LogP contribution in [0.15, 0.2) is 8.94 Å². The van der Waals surface area contributed by atoms with Crippen LogP contribution in [-0.4, -0.2) is 19.7 Å². The fourth-order valence-corrected chi connectivity index (χ4v) is 2.85. The summed E-state index contributed by atoms with van der Waals surface area (Å²) in [4.78, 5) is 3.95. The Kier molecular flexibility index (Phi) is 2.51. The Hall–Kier alpha value is -0.450. The maximum Gasteiger partial charge on any atom is 0.211 e. The third kappa shape index (κ3) is 1.83. The second kappa shape index (κ2) is 3.12. The number of hydrogen-bond donors (Lipinski definition) is 0. The summed E-state index contributed by atoms with van der Waals surface area (Å²) in [6.45, 7) is 0. The number of halogens is 1. The second-order valence-corrected chi connectivity index (χ2v) is 5.92.